The van der Waals surface area contributed by atoms with Crippen LogP contribution in [0.5, 0.6) is 0 Å². The van der Waals surface area contributed by atoms with Crippen LogP contribution in [0, 0.1) is 13.8 Å². The number of hydrogen-bond acceptors (Lipinski definition) is 3. The fraction of sp³-hybridized carbons (Fsp3) is 0.154. The Hall–Kier alpha value is -1.95. The van der Waals surface area contributed by atoms with E-state index in [4.69, 9.17) is 0 Å². The van der Waals surface area contributed by atoms with Gasteiger partial charge in [-0.05, 0) is 53.0 Å². The summed E-state index contributed by atoms with van der Waals surface area (Å²) in [6.07, 6.45) is 0. The predicted octanol–water partition coefficient (Wildman–Crippen LogP) is 2.40. The van der Waals surface area contributed by atoms with Crippen molar-refractivity contribution in [1.29, 1.82) is 0 Å². The van der Waals surface area contributed by atoms with Gasteiger partial charge in [0.15, 0.2) is 0 Å². The molecule has 5 nitrogen and oxygen atoms in total. The van der Waals surface area contributed by atoms with Gasteiger partial charge in [-0.3, -0.25) is 9.59 Å². The smallest absolute Gasteiger partial charge is 0.276 e. The quantitative estimate of drug-likeness (QED) is 0.891. The summed E-state index contributed by atoms with van der Waals surface area (Å²) in [5.41, 5.74) is 2.56. The van der Waals surface area contributed by atoms with Gasteiger partial charge in [-0.2, -0.15) is 5.10 Å². The van der Waals surface area contributed by atoms with Gasteiger partial charge in [0.05, 0.1) is 5.69 Å². The summed E-state index contributed by atoms with van der Waals surface area (Å²) < 4.78 is 0.808. The number of benzene rings is 1. The highest BCUT2D eigenvalue weighted by molar-refractivity contribution is 9.10. The van der Waals surface area contributed by atoms with Gasteiger partial charge >= 0.3 is 0 Å². The number of nitrogens with zero attached hydrogens (tertiary/aromatic N) is 1. The lowest BCUT2D eigenvalue weighted by Crippen LogP contribution is -2.18. The van der Waals surface area contributed by atoms with Crippen molar-refractivity contribution in [3.05, 3.63) is 55.9 Å². The first-order valence-corrected chi connectivity index (χ1v) is 6.40. The highest BCUT2D eigenvalue weighted by Crippen LogP contribution is 2.27. The summed E-state index contributed by atoms with van der Waals surface area (Å²) in [6, 6.07) is 6.54. The van der Waals surface area contributed by atoms with Crippen molar-refractivity contribution in [2.45, 2.75) is 13.8 Å². The lowest BCUT2D eigenvalue weighted by atomic mass is 10.1. The van der Waals surface area contributed by atoms with E-state index >= 15 is 0 Å². The Morgan fingerprint density at radius 1 is 1.32 bits per heavy atom. The molecule has 0 bridgehead atoms. The van der Waals surface area contributed by atoms with Gasteiger partial charge in [0.25, 0.3) is 11.5 Å². The Balaban J connectivity index is 2.29. The zero-order valence-electron chi connectivity index (χ0n) is 10.5. The summed E-state index contributed by atoms with van der Waals surface area (Å²) in [4.78, 5) is 22.9. The maximum absolute atomic E-state index is 12.0. The van der Waals surface area contributed by atoms with Crippen molar-refractivity contribution in [2.75, 3.05) is 5.32 Å². The van der Waals surface area contributed by atoms with E-state index in [0.717, 1.165) is 15.6 Å². The summed E-state index contributed by atoms with van der Waals surface area (Å²) in [6.45, 7) is 3.89. The zero-order chi connectivity index (χ0) is 14.0. The number of carbonyl (C=O) groups is 1. The van der Waals surface area contributed by atoms with E-state index < -0.39 is 0 Å². The fourth-order valence-electron chi connectivity index (χ4n) is 1.72. The molecule has 0 fully saturated rings. The number of anilines is 1. The number of aromatic amines is 1. The maximum Gasteiger partial charge on any atom is 0.276 e. The molecule has 0 radical (unpaired) electrons. The molecule has 0 atom stereocenters. The Labute approximate surface area is 118 Å². The van der Waals surface area contributed by atoms with Gasteiger partial charge in [0.2, 0.25) is 0 Å². The molecule has 0 aliphatic carbocycles. The molecule has 0 aliphatic heterocycles. The second-order valence-corrected chi connectivity index (χ2v) is 5.05. The van der Waals surface area contributed by atoms with Gasteiger partial charge in [-0.15, -0.1) is 0 Å². The van der Waals surface area contributed by atoms with E-state index in [2.05, 4.69) is 31.4 Å². The molecule has 1 aromatic carbocycles. The number of carbonyl (C=O) groups excluding carboxylic acids is 1. The molecule has 1 aromatic heterocycles. The van der Waals surface area contributed by atoms with E-state index in [0.29, 0.717) is 5.69 Å². The van der Waals surface area contributed by atoms with Crippen LogP contribution in [-0.2, 0) is 0 Å². The van der Waals surface area contributed by atoms with E-state index in [9.17, 15) is 9.59 Å². The molecule has 2 N–H and O–H groups in total. The van der Waals surface area contributed by atoms with Crippen LogP contribution >= 0.6 is 15.9 Å². The normalized spacial score (nSPS) is 10.3. The minimum absolute atomic E-state index is 0.159. The molecule has 98 valence electrons. The van der Waals surface area contributed by atoms with Crippen LogP contribution in [-0.4, -0.2) is 16.1 Å². The lowest BCUT2D eigenvalue weighted by molar-refractivity contribution is 0.102. The van der Waals surface area contributed by atoms with Crippen LogP contribution in [0.2, 0.25) is 0 Å². The van der Waals surface area contributed by atoms with E-state index in [1.54, 1.807) is 0 Å². The van der Waals surface area contributed by atoms with Crippen LogP contribution in [0.4, 0.5) is 5.69 Å². The summed E-state index contributed by atoms with van der Waals surface area (Å²) in [5.74, 6) is -0.371. The minimum atomic E-state index is -0.371. The van der Waals surface area contributed by atoms with E-state index in [1.807, 2.05) is 26.0 Å². The number of H-pyrrole nitrogens is 1. The number of nitrogens with one attached hydrogen (secondary N) is 2. The van der Waals surface area contributed by atoms with Crippen molar-refractivity contribution >= 4 is 27.5 Å². The van der Waals surface area contributed by atoms with Crippen molar-refractivity contribution in [1.82, 2.24) is 10.2 Å². The first-order valence-electron chi connectivity index (χ1n) is 5.61. The van der Waals surface area contributed by atoms with Crippen LogP contribution in [0.15, 0.2) is 33.5 Å². The van der Waals surface area contributed by atoms with Gasteiger partial charge in [0, 0.05) is 10.5 Å². The predicted molar refractivity (Wildman–Crippen MR) is 76.4 cm³/mol. The summed E-state index contributed by atoms with van der Waals surface area (Å²) in [7, 11) is 0. The number of hydrogen-bond donors (Lipinski definition) is 2. The lowest BCUT2D eigenvalue weighted by Gasteiger charge is -2.11. The molecular formula is C13H12BrN3O2. The van der Waals surface area contributed by atoms with Gasteiger partial charge in [-0.1, -0.05) is 6.07 Å². The minimum Gasteiger partial charge on any atom is -0.319 e. The Morgan fingerprint density at radius 3 is 2.63 bits per heavy atom. The Morgan fingerprint density at radius 2 is 2.05 bits per heavy atom. The highest BCUT2D eigenvalue weighted by atomic mass is 79.9. The van der Waals surface area contributed by atoms with E-state index in [1.165, 1.54) is 12.1 Å². The molecule has 0 saturated heterocycles. The highest BCUT2D eigenvalue weighted by Gasteiger charge is 2.12. The number of aryl methyl sites for hydroxylation is 2. The molecule has 0 saturated carbocycles. The van der Waals surface area contributed by atoms with Crippen molar-refractivity contribution in [3.63, 3.8) is 0 Å². The third kappa shape index (κ3) is 3.08. The number of rotatable bonds is 2. The summed E-state index contributed by atoms with van der Waals surface area (Å²) >= 11 is 3.42. The Kier molecular flexibility index (Phi) is 3.80. The molecule has 19 heavy (non-hydrogen) atoms. The maximum atomic E-state index is 12.0. The molecule has 0 spiro atoms. The first kappa shape index (κ1) is 13.5. The van der Waals surface area contributed by atoms with Crippen molar-refractivity contribution < 1.29 is 4.79 Å². The zero-order valence-corrected chi connectivity index (χ0v) is 12.0. The van der Waals surface area contributed by atoms with Crippen LogP contribution in [0.3, 0.4) is 0 Å². The van der Waals surface area contributed by atoms with Crippen LogP contribution in [0.1, 0.15) is 21.6 Å². The largest absolute Gasteiger partial charge is 0.319 e. The van der Waals surface area contributed by atoms with Gasteiger partial charge in [-0.25, -0.2) is 5.10 Å². The number of halogens is 1. The number of amides is 1. The molecule has 0 unspecified atom stereocenters. The molecule has 1 heterocycles. The Bertz CT molecular complexity index is 651. The van der Waals surface area contributed by atoms with Gasteiger partial charge < -0.3 is 5.32 Å². The molecule has 6 heteroatoms. The molecule has 2 aromatic rings. The van der Waals surface area contributed by atoms with Crippen LogP contribution < -0.4 is 10.9 Å². The molecule has 0 aliphatic rings. The van der Waals surface area contributed by atoms with Crippen molar-refractivity contribution in [3.8, 4) is 0 Å². The molecular weight excluding hydrogens is 310 g/mol. The second kappa shape index (κ2) is 5.36. The first-order chi connectivity index (χ1) is 8.97. The fourth-order valence-corrected chi connectivity index (χ4v) is 2.50. The van der Waals surface area contributed by atoms with E-state index in [-0.39, 0.29) is 17.2 Å². The molecule has 1 amide bonds. The average molecular weight is 322 g/mol. The second-order valence-electron chi connectivity index (χ2n) is 4.20. The monoisotopic (exact) mass is 321 g/mol. The topological polar surface area (TPSA) is 74.8 Å². The van der Waals surface area contributed by atoms with Crippen LogP contribution in [0.25, 0.3) is 0 Å². The third-order valence-electron chi connectivity index (χ3n) is 2.58. The standard InChI is InChI=1S/C13H12BrN3O2/c1-7-5-8(2)12(9(14)6-7)15-13(19)10-3-4-11(18)17-16-10/h3-6H,1-2H3,(H,15,19)(H,17,18). The van der Waals surface area contributed by atoms with Gasteiger partial charge in [0.1, 0.15) is 5.69 Å². The SMILES string of the molecule is Cc1cc(C)c(NC(=O)c2ccc(=O)[nH]n2)c(Br)c1. The number of aromatic nitrogens is 2. The van der Waals surface area contributed by atoms with Crippen molar-refractivity contribution in [2.24, 2.45) is 0 Å². The average Bonchev–Trinajstić information content (AvgIpc) is 2.34. The third-order valence-corrected chi connectivity index (χ3v) is 3.21. The molecule has 2 rings (SSSR count). The summed E-state index contributed by atoms with van der Waals surface area (Å²) in [5, 5.41) is 8.68.